The highest BCUT2D eigenvalue weighted by Crippen LogP contribution is 2.32. The van der Waals surface area contributed by atoms with Crippen molar-refractivity contribution in [3.8, 4) is 22.5 Å². The lowest BCUT2D eigenvalue weighted by atomic mass is 10.1. The first-order valence-corrected chi connectivity index (χ1v) is 13.4. The van der Waals surface area contributed by atoms with Gasteiger partial charge in [0.25, 0.3) is 5.91 Å². The molecule has 0 aromatic carbocycles. The number of fused-ring (bicyclic) bond motifs is 2. The Morgan fingerprint density at radius 3 is 2.39 bits per heavy atom. The van der Waals surface area contributed by atoms with Gasteiger partial charge in [-0.25, -0.2) is 14.8 Å². The fraction of sp³-hybridized carbons (Fsp3) is 0.286. The molecular weight excluding hydrogens is 526 g/mol. The van der Waals surface area contributed by atoms with Gasteiger partial charge in [0.1, 0.15) is 17.0 Å². The molecule has 0 aliphatic carbocycles. The van der Waals surface area contributed by atoms with Crippen molar-refractivity contribution in [1.29, 1.82) is 0 Å². The number of carbonyl (C=O) groups excluding carboxylic acids is 2. The van der Waals surface area contributed by atoms with Gasteiger partial charge < -0.3 is 34.6 Å². The lowest BCUT2D eigenvalue weighted by molar-refractivity contribution is 0.0304. The number of aromatic amines is 2. The summed E-state index contributed by atoms with van der Waals surface area (Å²) in [5.41, 5.74) is 5.41. The van der Waals surface area contributed by atoms with E-state index in [9.17, 15) is 9.59 Å². The molecule has 2 aliphatic heterocycles. The van der Waals surface area contributed by atoms with Crippen molar-refractivity contribution in [3.63, 3.8) is 0 Å². The van der Waals surface area contributed by atoms with Crippen LogP contribution < -0.4 is 5.32 Å². The molecule has 0 saturated carbocycles. The molecule has 7 rings (SSSR count). The molecule has 7 heterocycles. The van der Waals surface area contributed by atoms with Crippen LogP contribution in [-0.4, -0.2) is 104 Å². The van der Waals surface area contributed by atoms with Crippen LogP contribution >= 0.6 is 0 Å². The number of H-pyrrole nitrogens is 2. The smallest absolute Gasteiger partial charge is 0.322 e. The Kier molecular flexibility index (Phi) is 6.49. The molecule has 0 spiro atoms. The van der Waals surface area contributed by atoms with Crippen LogP contribution in [0.15, 0.2) is 49.3 Å². The van der Waals surface area contributed by atoms with Crippen LogP contribution in [0.4, 0.5) is 10.5 Å². The van der Waals surface area contributed by atoms with Gasteiger partial charge in [0.15, 0.2) is 0 Å². The van der Waals surface area contributed by atoms with Crippen LogP contribution in [-0.2, 0) is 9.47 Å². The van der Waals surface area contributed by atoms with Gasteiger partial charge in [0.2, 0.25) is 0 Å². The van der Waals surface area contributed by atoms with Gasteiger partial charge in [-0.2, -0.15) is 0 Å². The van der Waals surface area contributed by atoms with Crippen LogP contribution in [0.1, 0.15) is 10.4 Å². The van der Waals surface area contributed by atoms with Gasteiger partial charge in [-0.3, -0.25) is 14.8 Å². The number of ether oxygens (including phenoxy) is 2. The first-order chi connectivity index (χ1) is 20.1. The summed E-state index contributed by atoms with van der Waals surface area (Å²) in [5, 5.41) is 3.77. The number of urea groups is 1. The number of carbonyl (C=O) groups is 2. The standard InChI is InChI=1S/C28H27N9O4/c38-27(36-1-5-40-6-2-36)22-14-30-16-23-24(22)35-26(34-23)21-15-32-25-20(21)10-18(12-31-25)17-9-19(13-29-11-17)33-28(39)37-3-7-41-8-4-37/h9-16H,1-8H2,(H,31,32)(H,33,39)(H,34,35). The minimum Gasteiger partial charge on any atom is -0.378 e. The van der Waals surface area contributed by atoms with Gasteiger partial charge >= 0.3 is 6.03 Å². The second-order valence-electron chi connectivity index (χ2n) is 9.89. The monoisotopic (exact) mass is 553 g/mol. The molecule has 0 atom stereocenters. The third kappa shape index (κ3) is 4.85. The van der Waals surface area contributed by atoms with Crippen molar-refractivity contribution < 1.29 is 19.1 Å². The van der Waals surface area contributed by atoms with E-state index in [-0.39, 0.29) is 11.9 Å². The van der Waals surface area contributed by atoms with Crippen molar-refractivity contribution in [3.05, 3.63) is 54.9 Å². The number of amides is 3. The zero-order chi connectivity index (χ0) is 27.8. The number of morpholine rings is 2. The summed E-state index contributed by atoms with van der Waals surface area (Å²) in [4.78, 5) is 53.9. The predicted octanol–water partition coefficient (Wildman–Crippen LogP) is 2.90. The average molecular weight is 554 g/mol. The van der Waals surface area contributed by atoms with Gasteiger partial charge in [-0.15, -0.1) is 0 Å². The molecule has 5 aromatic rings. The highest BCUT2D eigenvalue weighted by molar-refractivity contribution is 6.05. The number of anilines is 1. The number of aromatic nitrogens is 6. The van der Waals surface area contributed by atoms with E-state index in [0.717, 1.165) is 22.1 Å². The first-order valence-electron chi connectivity index (χ1n) is 13.4. The Morgan fingerprint density at radius 2 is 1.59 bits per heavy atom. The molecule has 0 radical (unpaired) electrons. The van der Waals surface area contributed by atoms with Crippen molar-refractivity contribution in [1.82, 2.24) is 39.7 Å². The maximum atomic E-state index is 13.2. The topological polar surface area (TPSA) is 154 Å². The van der Waals surface area contributed by atoms with E-state index in [1.165, 1.54) is 0 Å². The zero-order valence-corrected chi connectivity index (χ0v) is 22.1. The Morgan fingerprint density at radius 1 is 0.854 bits per heavy atom. The quantitative estimate of drug-likeness (QED) is 0.307. The van der Waals surface area contributed by atoms with Crippen LogP contribution in [0.5, 0.6) is 0 Å². The van der Waals surface area contributed by atoms with E-state index in [0.29, 0.717) is 86.4 Å². The number of nitrogens with zero attached hydrogens (tertiary/aromatic N) is 6. The summed E-state index contributed by atoms with van der Waals surface area (Å²) in [7, 11) is 0. The lowest BCUT2D eigenvalue weighted by Gasteiger charge is -2.26. The lowest BCUT2D eigenvalue weighted by Crippen LogP contribution is -2.43. The number of pyridine rings is 3. The van der Waals surface area contributed by atoms with Crippen molar-refractivity contribution in [2.24, 2.45) is 0 Å². The van der Waals surface area contributed by atoms with Crippen LogP contribution in [0.2, 0.25) is 0 Å². The van der Waals surface area contributed by atoms with Crippen LogP contribution in [0, 0.1) is 0 Å². The molecule has 0 unspecified atom stereocenters. The van der Waals surface area contributed by atoms with E-state index in [1.54, 1.807) is 40.8 Å². The molecule has 41 heavy (non-hydrogen) atoms. The van der Waals surface area contributed by atoms with Crippen LogP contribution in [0.3, 0.4) is 0 Å². The number of hydrogen-bond acceptors (Lipinski definition) is 8. The minimum atomic E-state index is -0.181. The highest BCUT2D eigenvalue weighted by atomic mass is 16.5. The minimum absolute atomic E-state index is 0.111. The summed E-state index contributed by atoms with van der Waals surface area (Å²) in [6.07, 6.45) is 10.2. The largest absolute Gasteiger partial charge is 0.378 e. The van der Waals surface area contributed by atoms with E-state index < -0.39 is 0 Å². The van der Waals surface area contributed by atoms with Crippen molar-refractivity contribution in [2.75, 3.05) is 57.9 Å². The first kappa shape index (κ1) is 25.1. The summed E-state index contributed by atoms with van der Waals surface area (Å²) < 4.78 is 10.7. The summed E-state index contributed by atoms with van der Waals surface area (Å²) in [6.45, 7) is 4.28. The summed E-state index contributed by atoms with van der Waals surface area (Å²) >= 11 is 0. The maximum Gasteiger partial charge on any atom is 0.322 e. The Hall–Kier alpha value is -4.88. The van der Waals surface area contributed by atoms with E-state index in [4.69, 9.17) is 14.5 Å². The van der Waals surface area contributed by atoms with E-state index >= 15 is 0 Å². The SMILES string of the molecule is O=C(Nc1cncc(-c2cnc3[nH]cc(-c4nc5c(C(=O)N6CCOCC6)cncc5[nH]4)c3c2)c1)N1CCOCC1. The fourth-order valence-corrected chi connectivity index (χ4v) is 5.15. The molecule has 2 fully saturated rings. The Balaban J connectivity index is 1.19. The predicted molar refractivity (Wildman–Crippen MR) is 150 cm³/mol. The maximum absolute atomic E-state index is 13.2. The van der Waals surface area contributed by atoms with Crippen LogP contribution in [0.25, 0.3) is 44.6 Å². The fourth-order valence-electron chi connectivity index (χ4n) is 5.15. The van der Waals surface area contributed by atoms with Crippen molar-refractivity contribution in [2.45, 2.75) is 0 Å². The molecule has 3 amide bonds. The van der Waals surface area contributed by atoms with Crippen molar-refractivity contribution >= 4 is 39.7 Å². The third-order valence-electron chi connectivity index (χ3n) is 7.33. The Bertz CT molecular complexity index is 1750. The zero-order valence-electron chi connectivity index (χ0n) is 22.1. The molecule has 13 nitrogen and oxygen atoms in total. The second-order valence-corrected chi connectivity index (χ2v) is 9.89. The normalized spacial score (nSPS) is 15.9. The summed E-state index contributed by atoms with van der Waals surface area (Å²) in [6, 6.07) is 3.69. The van der Waals surface area contributed by atoms with E-state index in [2.05, 4.69) is 30.2 Å². The molecule has 13 heteroatoms. The second kappa shape index (κ2) is 10.6. The molecule has 2 aliphatic rings. The molecular formula is C28H27N9O4. The number of rotatable bonds is 4. The third-order valence-corrected chi connectivity index (χ3v) is 7.33. The Labute approximate surface area is 233 Å². The highest BCUT2D eigenvalue weighted by Gasteiger charge is 2.23. The molecule has 5 aromatic heterocycles. The van der Waals surface area contributed by atoms with Gasteiger partial charge in [-0.05, 0) is 12.1 Å². The van der Waals surface area contributed by atoms with E-state index in [1.807, 2.05) is 18.3 Å². The van der Waals surface area contributed by atoms with Gasteiger partial charge in [-0.1, -0.05) is 0 Å². The van der Waals surface area contributed by atoms with Gasteiger partial charge in [0, 0.05) is 73.0 Å². The molecule has 2 saturated heterocycles. The number of imidazole rings is 1. The van der Waals surface area contributed by atoms with Gasteiger partial charge in [0.05, 0.1) is 55.6 Å². The number of nitrogens with one attached hydrogen (secondary N) is 3. The molecule has 0 bridgehead atoms. The number of hydrogen-bond donors (Lipinski definition) is 3. The molecule has 208 valence electrons. The molecule has 3 N–H and O–H groups in total. The average Bonchev–Trinajstić information content (AvgIpc) is 3.65. The summed E-state index contributed by atoms with van der Waals surface area (Å²) in [5.74, 6) is 0.485.